The topological polar surface area (TPSA) is 62.5 Å². The summed E-state index contributed by atoms with van der Waals surface area (Å²) < 4.78 is 0. The number of carbonyl (C=O) groups excluding carboxylic acids is 1. The summed E-state index contributed by atoms with van der Waals surface area (Å²) in [5.41, 5.74) is 6.57. The maximum absolute atomic E-state index is 12.8. The normalized spacial score (nSPS) is 25.4. The minimum absolute atomic E-state index is 0.0762. The lowest BCUT2D eigenvalue weighted by Gasteiger charge is -2.38. The van der Waals surface area contributed by atoms with Gasteiger partial charge in [-0.1, -0.05) is 19.8 Å². The van der Waals surface area contributed by atoms with Gasteiger partial charge in [-0.15, -0.1) is 0 Å². The van der Waals surface area contributed by atoms with Crippen LogP contribution in [0.25, 0.3) is 0 Å². The van der Waals surface area contributed by atoms with Crippen molar-refractivity contribution in [3.8, 4) is 0 Å². The molecule has 3 rings (SSSR count). The number of carbonyl (C=O) groups is 1. The first-order valence-corrected chi connectivity index (χ1v) is 9.41. The molecule has 5 heteroatoms. The molecule has 2 fully saturated rings. The van der Waals surface area contributed by atoms with E-state index in [2.05, 4.69) is 16.8 Å². The number of likely N-dealkylation sites (tertiary alicyclic amines) is 1. The van der Waals surface area contributed by atoms with Gasteiger partial charge in [-0.25, -0.2) is 4.98 Å². The second kappa shape index (κ2) is 7.97. The molecule has 0 bridgehead atoms. The van der Waals surface area contributed by atoms with E-state index in [4.69, 9.17) is 5.73 Å². The molecule has 5 nitrogen and oxygen atoms in total. The summed E-state index contributed by atoms with van der Waals surface area (Å²) in [5, 5.41) is 0. The monoisotopic (exact) mass is 330 g/mol. The second-order valence-corrected chi connectivity index (χ2v) is 7.32. The summed E-state index contributed by atoms with van der Waals surface area (Å²) >= 11 is 0. The molecule has 2 unspecified atom stereocenters. The number of rotatable bonds is 3. The molecule has 0 radical (unpaired) electrons. The zero-order valence-corrected chi connectivity index (χ0v) is 14.8. The lowest BCUT2D eigenvalue weighted by molar-refractivity contribution is 0.0573. The second-order valence-electron chi connectivity index (χ2n) is 7.32. The van der Waals surface area contributed by atoms with Crippen LogP contribution in [0.15, 0.2) is 18.3 Å². The van der Waals surface area contributed by atoms with Crippen LogP contribution in [0.1, 0.15) is 55.8 Å². The molecule has 0 saturated carbocycles. The third-order valence-electron chi connectivity index (χ3n) is 5.44. The fraction of sp³-hybridized carbons (Fsp3) is 0.684. The minimum Gasteiger partial charge on any atom is -0.357 e. The van der Waals surface area contributed by atoms with Gasteiger partial charge in [0, 0.05) is 38.4 Å². The van der Waals surface area contributed by atoms with Crippen molar-refractivity contribution in [1.29, 1.82) is 0 Å². The Hall–Kier alpha value is -1.62. The fourth-order valence-corrected chi connectivity index (χ4v) is 3.91. The van der Waals surface area contributed by atoms with Crippen molar-refractivity contribution < 1.29 is 4.79 Å². The average Bonchev–Trinajstić information content (AvgIpc) is 2.90. The molecule has 0 spiro atoms. The quantitative estimate of drug-likeness (QED) is 0.925. The molecule has 1 aromatic rings. The Bertz CT molecular complexity index is 537. The van der Waals surface area contributed by atoms with Gasteiger partial charge in [-0.05, 0) is 43.7 Å². The Balaban J connectivity index is 1.69. The highest BCUT2D eigenvalue weighted by atomic mass is 16.2. The van der Waals surface area contributed by atoms with Crippen molar-refractivity contribution in [3.05, 3.63) is 23.9 Å². The van der Waals surface area contributed by atoms with E-state index in [0.717, 1.165) is 38.3 Å². The standard InChI is InChI=1S/C19H30N4O/c1-15-8-11-23(17(12-15)13-20)19(24)16-6-7-18(21-14-16)22-9-4-2-3-5-10-22/h6-7,14-15,17H,2-5,8-13,20H2,1H3. The maximum atomic E-state index is 12.8. The number of nitrogens with zero attached hydrogens (tertiary/aromatic N) is 3. The Morgan fingerprint density at radius 2 is 1.96 bits per heavy atom. The highest BCUT2D eigenvalue weighted by Crippen LogP contribution is 2.24. The van der Waals surface area contributed by atoms with E-state index in [1.807, 2.05) is 17.0 Å². The summed E-state index contributed by atoms with van der Waals surface area (Å²) in [4.78, 5) is 21.7. The van der Waals surface area contributed by atoms with Gasteiger partial charge >= 0.3 is 0 Å². The molecule has 2 saturated heterocycles. The van der Waals surface area contributed by atoms with Gasteiger partial charge in [0.05, 0.1) is 5.56 Å². The number of hydrogen-bond acceptors (Lipinski definition) is 4. The van der Waals surface area contributed by atoms with Crippen LogP contribution < -0.4 is 10.6 Å². The van der Waals surface area contributed by atoms with Gasteiger partial charge in [0.2, 0.25) is 0 Å². The van der Waals surface area contributed by atoms with Crippen LogP contribution in [0.4, 0.5) is 5.82 Å². The van der Waals surface area contributed by atoms with E-state index in [0.29, 0.717) is 18.0 Å². The molecule has 2 aliphatic rings. The number of anilines is 1. The minimum atomic E-state index is 0.0762. The van der Waals surface area contributed by atoms with Gasteiger partial charge in [0.1, 0.15) is 5.82 Å². The number of nitrogens with two attached hydrogens (primary N) is 1. The van der Waals surface area contributed by atoms with E-state index in [-0.39, 0.29) is 11.9 Å². The predicted molar refractivity (Wildman–Crippen MR) is 97.2 cm³/mol. The van der Waals surface area contributed by atoms with Crippen molar-refractivity contribution in [2.45, 2.75) is 51.5 Å². The Morgan fingerprint density at radius 1 is 1.21 bits per heavy atom. The molecule has 3 heterocycles. The molecule has 2 N–H and O–H groups in total. The molecule has 132 valence electrons. The van der Waals surface area contributed by atoms with E-state index in [1.54, 1.807) is 6.20 Å². The van der Waals surface area contributed by atoms with Gasteiger partial charge < -0.3 is 15.5 Å². The Morgan fingerprint density at radius 3 is 2.58 bits per heavy atom. The van der Waals surface area contributed by atoms with Crippen molar-refractivity contribution >= 4 is 11.7 Å². The summed E-state index contributed by atoms with van der Waals surface area (Å²) in [7, 11) is 0. The van der Waals surface area contributed by atoms with Crippen LogP contribution in [-0.4, -0.2) is 48.0 Å². The molecule has 1 amide bonds. The highest BCUT2D eigenvalue weighted by molar-refractivity contribution is 5.94. The van der Waals surface area contributed by atoms with Crippen LogP contribution in [0.3, 0.4) is 0 Å². The Labute approximate surface area is 145 Å². The zero-order valence-electron chi connectivity index (χ0n) is 14.8. The molecular formula is C19H30N4O. The third kappa shape index (κ3) is 3.89. The number of hydrogen-bond donors (Lipinski definition) is 1. The molecule has 24 heavy (non-hydrogen) atoms. The summed E-state index contributed by atoms with van der Waals surface area (Å²) in [5.74, 6) is 1.72. The van der Waals surface area contributed by atoms with Gasteiger partial charge in [-0.2, -0.15) is 0 Å². The lowest BCUT2D eigenvalue weighted by atomic mass is 9.92. The SMILES string of the molecule is CC1CCN(C(=O)c2ccc(N3CCCCCC3)nc2)C(CN)C1. The molecule has 1 aromatic heterocycles. The van der Waals surface area contributed by atoms with Gasteiger partial charge in [-0.3, -0.25) is 4.79 Å². The first-order chi connectivity index (χ1) is 11.7. The van der Waals surface area contributed by atoms with Gasteiger partial charge in [0.25, 0.3) is 5.91 Å². The maximum Gasteiger partial charge on any atom is 0.255 e. The fourth-order valence-electron chi connectivity index (χ4n) is 3.91. The first kappa shape index (κ1) is 17.2. The highest BCUT2D eigenvalue weighted by Gasteiger charge is 2.29. The molecular weight excluding hydrogens is 300 g/mol. The Kier molecular flexibility index (Phi) is 5.72. The molecule has 2 aliphatic heterocycles. The van der Waals surface area contributed by atoms with E-state index in [1.165, 1.54) is 25.7 Å². The lowest BCUT2D eigenvalue weighted by Crippen LogP contribution is -2.49. The molecule has 0 aromatic carbocycles. The molecule has 0 aliphatic carbocycles. The zero-order chi connectivity index (χ0) is 16.9. The van der Waals surface area contributed by atoms with E-state index < -0.39 is 0 Å². The number of pyridine rings is 1. The van der Waals surface area contributed by atoms with Crippen LogP contribution in [0, 0.1) is 5.92 Å². The van der Waals surface area contributed by atoms with Crippen molar-refractivity contribution in [1.82, 2.24) is 9.88 Å². The van der Waals surface area contributed by atoms with Crippen molar-refractivity contribution in [2.75, 3.05) is 31.1 Å². The van der Waals surface area contributed by atoms with E-state index >= 15 is 0 Å². The van der Waals surface area contributed by atoms with Crippen LogP contribution in [0.5, 0.6) is 0 Å². The van der Waals surface area contributed by atoms with E-state index in [9.17, 15) is 4.79 Å². The van der Waals surface area contributed by atoms with Crippen LogP contribution in [-0.2, 0) is 0 Å². The largest absolute Gasteiger partial charge is 0.357 e. The smallest absolute Gasteiger partial charge is 0.255 e. The molecule has 2 atom stereocenters. The average molecular weight is 330 g/mol. The predicted octanol–water partition coefficient (Wildman–Crippen LogP) is 2.66. The third-order valence-corrected chi connectivity index (χ3v) is 5.44. The number of piperidine rings is 1. The first-order valence-electron chi connectivity index (χ1n) is 9.41. The summed E-state index contributed by atoms with van der Waals surface area (Å²) in [6.07, 6.45) is 8.87. The van der Waals surface area contributed by atoms with Crippen LogP contribution >= 0.6 is 0 Å². The van der Waals surface area contributed by atoms with Gasteiger partial charge in [0.15, 0.2) is 0 Å². The number of aromatic nitrogens is 1. The summed E-state index contributed by atoms with van der Waals surface area (Å²) in [6.45, 7) is 5.71. The van der Waals surface area contributed by atoms with Crippen molar-refractivity contribution in [2.24, 2.45) is 11.7 Å². The van der Waals surface area contributed by atoms with Crippen molar-refractivity contribution in [3.63, 3.8) is 0 Å². The summed E-state index contributed by atoms with van der Waals surface area (Å²) in [6, 6.07) is 4.09. The van der Waals surface area contributed by atoms with Crippen LogP contribution in [0.2, 0.25) is 0 Å². The number of amides is 1.